The van der Waals surface area contributed by atoms with Crippen molar-refractivity contribution in [3.63, 3.8) is 0 Å². The van der Waals surface area contributed by atoms with Crippen molar-refractivity contribution in [2.45, 2.75) is 32.2 Å². The zero-order valence-corrected chi connectivity index (χ0v) is 16.0. The first-order valence-corrected chi connectivity index (χ1v) is 10.5. The molecule has 0 radical (unpaired) electrons. The maximum absolute atomic E-state index is 12.8. The van der Waals surface area contributed by atoms with Gasteiger partial charge in [-0.3, -0.25) is 9.59 Å². The molecule has 0 spiro atoms. The van der Waals surface area contributed by atoms with Crippen LogP contribution in [-0.2, 0) is 22.5 Å². The van der Waals surface area contributed by atoms with Crippen molar-refractivity contribution in [1.29, 1.82) is 0 Å². The molecule has 0 bridgehead atoms. The summed E-state index contributed by atoms with van der Waals surface area (Å²) < 4.78 is 5.31. The maximum Gasteiger partial charge on any atom is 0.263 e. The first-order chi connectivity index (χ1) is 12.7. The first-order valence-electron chi connectivity index (χ1n) is 9.68. The summed E-state index contributed by atoms with van der Waals surface area (Å²) in [6.07, 6.45) is 3.49. The van der Waals surface area contributed by atoms with Crippen molar-refractivity contribution >= 4 is 23.2 Å². The molecule has 0 aliphatic carbocycles. The minimum Gasteiger partial charge on any atom is -0.378 e. The third kappa shape index (κ3) is 3.94. The Morgan fingerprint density at radius 2 is 1.92 bits per heavy atom. The van der Waals surface area contributed by atoms with Gasteiger partial charge in [0.05, 0.1) is 18.1 Å². The average Bonchev–Trinajstić information content (AvgIpc) is 3.13. The second-order valence-electron chi connectivity index (χ2n) is 7.42. The summed E-state index contributed by atoms with van der Waals surface area (Å²) in [7, 11) is 0. The number of rotatable bonds is 3. The smallest absolute Gasteiger partial charge is 0.263 e. The third-order valence-electron chi connectivity index (χ3n) is 5.68. The molecule has 3 aliphatic rings. The monoisotopic (exact) mass is 377 g/mol. The predicted molar refractivity (Wildman–Crippen MR) is 100 cm³/mol. The van der Waals surface area contributed by atoms with Crippen LogP contribution in [0.3, 0.4) is 0 Å². The molecular weight excluding hydrogens is 350 g/mol. The van der Waals surface area contributed by atoms with E-state index < -0.39 is 0 Å². The van der Waals surface area contributed by atoms with Crippen LogP contribution in [0.5, 0.6) is 0 Å². The Morgan fingerprint density at radius 1 is 1.15 bits per heavy atom. The third-order valence-corrected chi connectivity index (χ3v) is 6.91. The number of amides is 2. The number of carbonyl (C=O) groups excluding carboxylic acids is 2. The van der Waals surface area contributed by atoms with Gasteiger partial charge in [-0.2, -0.15) is 0 Å². The van der Waals surface area contributed by atoms with Crippen molar-refractivity contribution < 1.29 is 14.3 Å². The Labute approximate surface area is 158 Å². The number of hydrogen-bond donors (Lipinski definition) is 1. The van der Waals surface area contributed by atoms with Gasteiger partial charge in [-0.1, -0.05) is 0 Å². The number of ether oxygens (including phenoxy) is 1. The lowest BCUT2D eigenvalue weighted by Gasteiger charge is -2.33. The van der Waals surface area contributed by atoms with Gasteiger partial charge in [0.25, 0.3) is 5.91 Å². The number of carbonyl (C=O) groups is 2. The SMILES string of the molecule is O=C(CC1CCN(C(=O)c2cc3c(s2)CCNC3)CC1)N1CCOCC1. The van der Waals surface area contributed by atoms with Crippen molar-refractivity contribution in [2.24, 2.45) is 5.92 Å². The van der Waals surface area contributed by atoms with E-state index in [1.807, 2.05) is 9.80 Å². The molecule has 2 fully saturated rings. The summed E-state index contributed by atoms with van der Waals surface area (Å²) in [5.74, 6) is 0.814. The number of likely N-dealkylation sites (tertiary alicyclic amines) is 1. The highest BCUT2D eigenvalue weighted by Gasteiger charge is 2.28. The topological polar surface area (TPSA) is 61.9 Å². The number of morpholine rings is 1. The zero-order chi connectivity index (χ0) is 17.9. The van der Waals surface area contributed by atoms with E-state index in [4.69, 9.17) is 4.74 Å². The van der Waals surface area contributed by atoms with Crippen molar-refractivity contribution in [1.82, 2.24) is 15.1 Å². The largest absolute Gasteiger partial charge is 0.378 e. The second kappa shape index (κ2) is 8.06. The number of nitrogens with zero attached hydrogens (tertiary/aromatic N) is 2. The minimum absolute atomic E-state index is 0.169. The number of hydrogen-bond acceptors (Lipinski definition) is 5. The lowest BCUT2D eigenvalue weighted by Crippen LogP contribution is -2.43. The van der Waals surface area contributed by atoms with Crippen LogP contribution >= 0.6 is 11.3 Å². The van der Waals surface area contributed by atoms with E-state index in [1.54, 1.807) is 11.3 Å². The van der Waals surface area contributed by atoms with Crippen LogP contribution in [0, 0.1) is 5.92 Å². The average molecular weight is 378 g/mol. The molecule has 4 heterocycles. The van der Waals surface area contributed by atoms with Gasteiger partial charge in [0.15, 0.2) is 0 Å². The fourth-order valence-corrected chi connectivity index (χ4v) is 5.19. The van der Waals surface area contributed by atoms with E-state index in [2.05, 4.69) is 11.4 Å². The normalized spacial score (nSPS) is 21.5. The maximum atomic E-state index is 12.8. The van der Waals surface area contributed by atoms with Gasteiger partial charge < -0.3 is 19.9 Å². The van der Waals surface area contributed by atoms with E-state index >= 15 is 0 Å². The molecule has 26 heavy (non-hydrogen) atoms. The Bertz CT molecular complexity index is 637. The highest BCUT2D eigenvalue weighted by molar-refractivity contribution is 7.14. The van der Waals surface area contributed by atoms with Crippen LogP contribution in [0.25, 0.3) is 0 Å². The van der Waals surface area contributed by atoms with Crippen LogP contribution in [0.2, 0.25) is 0 Å². The summed E-state index contributed by atoms with van der Waals surface area (Å²) in [4.78, 5) is 31.4. The molecule has 4 rings (SSSR count). The van der Waals surface area contributed by atoms with Gasteiger partial charge in [0, 0.05) is 50.6 Å². The highest BCUT2D eigenvalue weighted by Crippen LogP contribution is 2.28. The van der Waals surface area contributed by atoms with Crippen molar-refractivity contribution in [3.05, 3.63) is 21.4 Å². The van der Waals surface area contributed by atoms with Gasteiger partial charge in [-0.15, -0.1) is 11.3 Å². The van der Waals surface area contributed by atoms with E-state index in [-0.39, 0.29) is 11.8 Å². The Kier molecular flexibility index (Phi) is 5.57. The minimum atomic E-state index is 0.169. The highest BCUT2D eigenvalue weighted by atomic mass is 32.1. The fraction of sp³-hybridized carbons (Fsp3) is 0.684. The number of nitrogens with one attached hydrogen (secondary N) is 1. The van der Waals surface area contributed by atoms with E-state index in [9.17, 15) is 9.59 Å². The molecule has 0 aromatic carbocycles. The molecule has 1 aromatic heterocycles. The number of fused-ring (bicyclic) bond motifs is 1. The van der Waals surface area contributed by atoms with Crippen molar-refractivity contribution in [3.8, 4) is 0 Å². The molecule has 2 amide bonds. The Hall–Kier alpha value is -1.44. The van der Waals surface area contributed by atoms with Gasteiger partial charge in [0.2, 0.25) is 5.91 Å². The lowest BCUT2D eigenvalue weighted by atomic mass is 9.92. The molecule has 7 heteroatoms. The Morgan fingerprint density at radius 3 is 2.65 bits per heavy atom. The second-order valence-corrected chi connectivity index (χ2v) is 8.56. The first kappa shape index (κ1) is 17.9. The Balaban J connectivity index is 1.28. The van der Waals surface area contributed by atoms with Gasteiger partial charge in [-0.05, 0) is 36.8 Å². The molecule has 2 saturated heterocycles. The summed E-state index contributed by atoms with van der Waals surface area (Å²) in [6.45, 7) is 6.15. The van der Waals surface area contributed by atoms with E-state index in [0.717, 1.165) is 50.3 Å². The standard InChI is InChI=1S/C19H27N3O3S/c23-18(21-7-9-25-10-8-21)11-14-2-5-22(6-3-14)19(24)17-12-15-13-20-4-1-16(15)26-17/h12,14,20H,1-11,13H2. The van der Waals surface area contributed by atoms with Crippen LogP contribution in [-0.4, -0.2) is 67.6 Å². The molecule has 0 atom stereocenters. The predicted octanol–water partition coefficient (Wildman–Crippen LogP) is 1.49. The van der Waals surface area contributed by atoms with E-state index in [0.29, 0.717) is 38.6 Å². The lowest BCUT2D eigenvalue weighted by molar-refractivity contribution is -0.136. The summed E-state index contributed by atoms with van der Waals surface area (Å²) in [6, 6.07) is 2.07. The van der Waals surface area contributed by atoms with Crippen LogP contribution in [0.1, 0.15) is 39.4 Å². The molecule has 3 aliphatic heterocycles. The molecule has 0 unspecified atom stereocenters. The van der Waals surface area contributed by atoms with Crippen LogP contribution in [0.15, 0.2) is 6.07 Å². The van der Waals surface area contributed by atoms with Crippen molar-refractivity contribution in [2.75, 3.05) is 45.9 Å². The summed E-state index contributed by atoms with van der Waals surface area (Å²) in [5, 5.41) is 3.36. The molecule has 1 N–H and O–H groups in total. The summed E-state index contributed by atoms with van der Waals surface area (Å²) in [5.41, 5.74) is 1.29. The number of thiophene rings is 1. The molecule has 1 aromatic rings. The summed E-state index contributed by atoms with van der Waals surface area (Å²) >= 11 is 1.66. The van der Waals surface area contributed by atoms with Crippen LogP contribution < -0.4 is 5.32 Å². The van der Waals surface area contributed by atoms with Gasteiger partial charge >= 0.3 is 0 Å². The van der Waals surface area contributed by atoms with E-state index in [1.165, 1.54) is 10.4 Å². The van der Waals surface area contributed by atoms with Gasteiger partial charge in [-0.25, -0.2) is 0 Å². The van der Waals surface area contributed by atoms with Gasteiger partial charge in [0.1, 0.15) is 0 Å². The quantitative estimate of drug-likeness (QED) is 0.867. The number of piperidine rings is 1. The molecule has 0 saturated carbocycles. The van der Waals surface area contributed by atoms with Crippen LogP contribution in [0.4, 0.5) is 0 Å². The molecule has 6 nitrogen and oxygen atoms in total. The molecule has 142 valence electrons. The fourth-order valence-electron chi connectivity index (χ4n) is 4.04. The molecular formula is C19H27N3O3S. The zero-order valence-electron chi connectivity index (χ0n) is 15.2.